The number of carbonyl (C=O) groups excluding carboxylic acids is 2. The van der Waals surface area contributed by atoms with Gasteiger partial charge < -0.3 is 15.0 Å². The number of nitrogens with one attached hydrogen (secondary N) is 1. The fourth-order valence-corrected chi connectivity index (χ4v) is 2.56. The second-order valence-corrected chi connectivity index (χ2v) is 5.57. The van der Waals surface area contributed by atoms with Gasteiger partial charge in [-0.3, -0.25) is 14.6 Å². The molecule has 6 heteroatoms. The van der Waals surface area contributed by atoms with Gasteiger partial charge in [0.05, 0.1) is 18.7 Å². The van der Waals surface area contributed by atoms with E-state index >= 15 is 0 Å². The van der Waals surface area contributed by atoms with Crippen LogP contribution in [0, 0.1) is 0 Å². The van der Waals surface area contributed by atoms with Crippen molar-refractivity contribution in [3.63, 3.8) is 0 Å². The third-order valence-corrected chi connectivity index (χ3v) is 3.93. The molecule has 2 aromatic rings. The zero-order valence-electron chi connectivity index (χ0n) is 13.5. The molecule has 0 spiro atoms. The lowest BCUT2D eigenvalue weighted by atomic mass is 10.1. The number of pyridine rings is 1. The van der Waals surface area contributed by atoms with Gasteiger partial charge in [-0.05, 0) is 36.2 Å². The predicted molar refractivity (Wildman–Crippen MR) is 90.2 cm³/mol. The summed E-state index contributed by atoms with van der Waals surface area (Å²) in [4.78, 5) is 29.5. The van der Waals surface area contributed by atoms with E-state index < -0.39 is 0 Å². The third kappa shape index (κ3) is 3.53. The number of benzene rings is 1. The van der Waals surface area contributed by atoms with Crippen molar-refractivity contribution in [3.05, 3.63) is 53.9 Å². The lowest BCUT2D eigenvalue weighted by Crippen LogP contribution is -2.27. The topological polar surface area (TPSA) is 71.5 Å². The van der Waals surface area contributed by atoms with E-state index in [4.69, 9.17) is 4.74 Å². The summed E-state index contributed by atoms with van der Waals surface area (Å²) in [6.45, 7) is 0.891. The average Bonchev–Trinajstić information content (AvgIpc) is 2.75. The molecule has 1 aromatic heterocycles. The first-order valence-corrected chi connectivity index (χ1v) is 7.86. The van der Waals surface area contributed by atoms with E-state index in [0.717, 1.165) is 11.3 Å². The molecule has 0 saturated heterocycles. The Morgan fingerprint density at radius 1 is 1.33 bits per heavy atom. The molecule has 2 amide bonds. The van der Waals surface area contributed by atoms with E-state index in [9.17, 15) is 9.59 Å². The summed E-state index contributed by atoms with van der Waals surface area (Å²) in [6, 6.07) is 11.0. The predicted octanol–water partition coefficient (Wildman–Crippen LogP) is 1.80. The number of amides is 2. The normalized spacial score (nSPS) is 13.7. The van der Waals surface area contributed by atoms with Crippen LogP contribution in [0.1, 0.15) is 22.5 Å². The number of rotatable bonds is 4. The zero-order valence-corrected chi connectivity index (χ0v) is 13.5. The van der Waals surface area contributed by atoms with Crippen LogP contribution in [0.2, 0.25) is 0 Å². The highest BCUT2D eigenvalue weighted by molar-refractivity contribution is 5.95. The Morgan fingerprint density at radius 2 is 2.21 bits per heavy atom. The average molecular weight is 325 g/mol. The molecule has 0 fully saturated rings. The van der Waals surface area contributed by atoms with Crippen LogP contribution in [-0.2, 0) is 11.2 Å². The van der Waals surface area contributed by atoms with E-state index in [1.54, 1.807) is 36.3 Å². The minimum atomic E-state index is -0.194. The highest BCUT2D eigenvalue weighted by atomic mass is 16.5. The van der Waals surface area contributed by atoms with Crippen molar-refractivity contribution in [3.8, 4) is 5.75 Å². The monoisotopic (exact) mass is 325 g/mol. The Balaban J connectivity index is 1.63. The van der Waals surface area contributed by atoms with Gasteiger partial charge in [-0.15, -0.1) is 0 Å². The van der Waals surface area contributed by atoms with Gasteiger partial charge in [0.15, 0.2) is 0 Å². The van der Waals surface area contributed by atoms with Gasteiger partial charge in [0.1, 0.15) is 11.4 Å². The highest BCUT2D eigenvalue weighted by Gasteiger charge is 2.20. The Morgan fingerprint density at radius 3 is 3.00 bits per heavy atom. The van der Waals surface area contributed by atoms with Crippen LogP contribution >= 0.6 is 0 Å². The molecule has 0 saturated carbocycles. The van der Waals surface area contributed by atoms with E-state index in [1.807, 2.05) is 18.2 Å². The molecular formula is C18H19N3O3. The number of hydrogen-bond acceptors (Lipinski definition) is 4. The second kappa shape index (κ2) is 7.12. The van der Waals surface area contributed by atoms with Gasteiger partial charge in [-0.25, -0.2) is 0 Å². The van der Waals surface area contributed by atoms with Gasteiger partial charge in [0.25, 0.3) is 5.91 Å². The van der Waals surface area contributed by atoms with E-state index in [1.165, 1.54) is 0 Å². The van der Waals surface area contributed by atoms with Crippen LogP contribution in [0.4, 0.5) is 5.69 Å². The largest absolute Gasteiger partial charge is 0.491 e. The summed E-state index contributed by atoms with van der Waals surface area (Å²) < 4.78 is 5.60. The van der Waals surface area contributed by atoms with Crippen molar-refractivity contribution in [1.82, 2.24) is 10.3 Å². The molecule has 1 N–H and O–H groups in total. The number of hydrogen-bond donors (Lipinski definition) is 1. The highest BCUT2D eigenvalue weighted by Crippen LogP contribution is 2.31. The Hall–Kier alpha value is -2.89. The quantitative estimate of drug-likeness (QED) is 0.930. The molecule has 0 bridgehead atoms. The first-order chi connectivity index (χ1) is 11.6. The fraction of sp³-hybridized carbons (Fsp3) is 0.278. The minimum Gasteiger partial charge on any atom is -0.491 e. The molecule has 3 rings (SSSR count). The van der Waals surface area contributed by atoms with Gasteiger partial charge >= 0.3 is 0 Å². The third-order valence-electron chi connectivity index (χ3n) is 3.93. The van der Waals surface area contributed by atoms with Crippen molar-refractivity contribution >= 4 is 17.5 Å². The maximum Gasteiger partial charge on any atom is 0.269 e. The van der Waals surface area contributed by atoms with Crippen molar-refractivity contribution in [2.45, 2.75) is 12.8 Å². The van der Waals surface area contributed by atoms with Crippen LogP contribution in [0.3, 0.4) is 0 Å². The molecule has 2 heterocycles. The summed E-state index contributed by atoms with van der Waals surface area (Å²) in [5.41, 5.74) is 2.20. The minimum absolute atomic E-state index is 0.0364. The summed E-state index contributed by atoms with van der Waals surface area (Å²) in [5, 5.41) is 2.85. The number of anilines is 1. The second-order valence-electron chi connectivity index (χ2n) is 5.57. The van der Waals surface area contributed by atoms with Crippen molar-refractivity contribution < 1.29 is 14.3 Å². The Labute approximate surface area is 140 Å². The zero-order chi connectivity index (χ0) is 16.9. The molecular weight excluding hydrogens is 306 g/mol. The summed E-state index contributed by atoms with van der Waals surface area (Å²) in [7, 11) is 1.75. The standard InChI is InChI=1S/C18H19N3O3/c1-21-15-12-13(5-6-16(15)24-11-8-17(21)22)7-10-20-18(23)14-4-2-3-9-19-14/h2-6,9,12H,7-8,10-11H2,1H3,(H,20,23). The van der Waals surface area contributed by atoms with Crippen molar-refractivity contribution in [2.75, 3.05) is 25.1 Å². The molecule has 1 aliphatic heterocycles. The smallest absolute Gasteiger partial charge is 0.269 e. The van der Waals surface area contributed by atoms with Crippen LogP contribution in [0.25, 0.3) is 0 Å². The molecule has 0 unspecified atom stereocenters. The SMILES string of the molecule is CN1C(=O)CCOc2ccc(CCNC(=O)c3ccccn3)cc21. The van der Waals surface area contributed by atoms with E-state index in [2.05, 4.69) is 10.3 Å². The van der Waals surface area contributed by atoms with Crippen LogP contribution < -0.4 is 15.0 Å². The fourth-order valence-electron chi connectivity index (χ4n) is 2.56. The first kappa shape index (κ1) is 16.0. The number of aromatic nitrogens is 1. The lowest BCUT2D eigenvalue weighted by molar-refractivity contribution is -0.118. The molecule has 0 radical (unpaired) electrons. The molecule has 1 aromatic carbocycles. The van der Waals surface area contributed by atoms with Crippen molar-refractivity contribution in [2.24, 2.45) is 0 Å². The van der Waals surface area contributed by atoms with Crippen LogP contribution in [0.15, 0.2) is 42.6 Å². The molecule has 24 heavy (non-hydrogen) atoms. The molecule has 0 aliphatic carbocycles. The number of ether oxygens (including phenoxy) is 1. The van der Waals surface area contributed by atoms with Gasteiger partial charge in [-0.2, -0.15) is 0 Å². The Kier molecular flexibility index (Phi) is 4.74. The lowest BCUT2D eigenvalue weighted by Gasteiger charge is -2.17. The van der Waals surface area contributed by atoms with E-state index in [0.29, 0.717) is 37.4 Å². The van der Waals surface area contributed by atoms with Crippen LogP contribution in [-0.4, -0.2) is 37.0 Å². The molecule has 0 atom stereocenters. The molecule has 1 aliphatic rings. The van der Waals surface area contributed by atoms with Gasteiger partial charge in [0, 0.05) is 19.8 Å². The van der Waals surface area contributed by atoms with Gasteiger partial charge in [-0.1, -0.05) is 12.1 Å². The summed E-state index contributed by atoms with van der Waals surface area (Å²) >= 11 is 0. The van der Waals surface area contributed by atoms with Crippen molar-refractivity contribution in [1.29, 1.82) is 0 Å². The summed E-state index contributed by atoms with van der Waals surface area (Å²) in [6.07, 6.45) is 2.63. The maximum absolute atomic E-state index is 12.0. The van der Waals surface area contributed by atoms with Gasteiger partial charge in [0.2, 0.25) is 5.91 Å². The number of carbonyl (C=O) groups is 2. The maximum atomic E-state index is 12.0. The summed E-state index contributed by atoms with van der Waals surface area (Å²) in [5.74, 6) is 0.556. The molecule has 124 valence electrons. The Bertz CT molecular complexity index is 746. The molecule has 6 nitrogen and oxygen atoms in total. The van der Waals surface area contributed by atoms with Crippen LogP contribution in [0.5, 0.6) is 5.75 Å². The van der Waals surface area contributed by atoms with E-state index in [-0.39, 0.29) is 11.8 Å². The number of fused-ring (bicyclic) bond motifs is 1. The number of nitrogens with zero attached hydrogens (tertiary/aromatic N) is 2. The first-order valence-electron chi connectivity index (χ1n) is 7.86.